The molecule has 1 aromatic rings. The highest BCUT2D eigenvalue weighted by molar-refractivity contribution is 5.76. The van der Waals surface area contributed by atoms with Crippen molar-refractivity contribution in [2.75, 3.05) is 36.5 Å². The van der Waals surface area contributed by atoms with E-state index in [1.165, 1.54) is 16.9 Å². The predicted molar refractivity (Wildman–Crippen MR) is 82.8 cm³/mol. The Morgan fingerprint density at radius 2 is 2.05 bits per heavy atom. The number of carboxylic acids is 1. The molecule has 0 radical (unpaired) electrons. The molecule has 0 spiro atoms. The van der Waals surface area contributed by atoms with E-state index in [4.69, 9.17) is 0 Å². The van der Waals surface area contributed by atoms with Gasteiger partial charge in [-0.2, -0.15) is 0 Å². The van der Waals surface area contributed by atoms with Gasteiger partial charge in [0.2, 0.25) is 0 Å². The Morgan fingerprint density at radius 3 is 2.60 bits per heavy atom. The molecule has 1 aliphatic rings. The van der Waals surface area contributed by atoms with E-state index in [0.717, 1.165) is 18.7 Å². The number of carboxylic acid groups (broad SMARTS) is 1. The van der Waals surface area contributed by atoms with Crippen LogP contribution in [0, 0.1) is 12.8 Å². The van der Waals surface area contributed by atoms with E-state index >= 15 is 0 Å². The van der Waals surface area contributed by atoms with Crippen LogP contribution in [0.2, 0.25) is 0 Å². The maximum absolute atomic E-state index is 11.3. The summed E-state index contributed by atoms with van der Waals surface area (Å²) in [5.41, 5.74) is 4.80. The first-order valence-corrected chi connectivity index (χ1v) is 7.30. The SMILES string of the molecule is CCN(CC)c1cc(C)c2c(c1)CC(C(=O)O)CN2C. The molecule has 1 heterocycles. The van der Waals surface area contributed by atoms with Gasteiger partial charge in [0.1, 0.15) is 0 Å². The van der Waals surface area contributed by atoms with Crippen molar-refractivity contribution in [2.45, 2.75) is 27.2 Å². The van der Waals surface area contributed by atoms with Crippen molar-refractivity contribution in [3.63, 3.8) is 0 Å². The molecule has 2 rings (SSSR count). The fraction of sp³-hybridized carbons (Fsp3) is 0.562. The van der Waals surface area contributed by atoms with Gasteiger partial charge in [0.25, 0.3) is 0 Å². The topological polar surface area (TPSA) is 43.8 Å². The summed E-state index contributed by atoms with van der Waals surface area (Å²) in [6.45, 7) is 8.92. The Labute approximate surface area is 121 Å². The second-order valence-corrected chi connectivity index (χ2v) is 5.56. The first-order chi connectivity index (χ1) is 9.47. The van der Waals surface area contributed by atoms with Crippen LogP contribution in [0.1, 0.15) is 25.0 Å². The Morgan fingerprint density at radius 1 is 1.40 bits per heavy atom. The summed E-state index contributed by atoms with van der Waals surface area (Å²) in [6, 6.07) is 4.38. The summed E-state index contributed by atoms with van der Waals surface area (Å²) in [4.78, 5) is 15.7. The lowest BCUT2D eigenvalue weighted by Gasteiger charge is -2.34. The van der Waals surface area contributed by atoms with E-state index in [-0.39, 0.29) is 5.92 Å². The first-order valence-electron chi connectivity index (χ1n) is 7.30. The number of anilines is 2. The lowest BCUT2D eigenvalue weighted by Crippen LogP contribution is -2.37. The molecule has 0 fully saturated rings. The molecule has 1 unspecified atom stereocenters. The van der Waals surface area contributed by atoms with Crippen LogP contribution in [0.5, 0.6) is 0 Å². The van der Waals surface area contributed by atoms with Crippen molar-refractivity contribution in [1.82, 2.24) is 0 Å². The second-order valence-electron chi connectivity index (χ2n) is 5.56. The lowest BCUT2D eigenvalue weighted by atomic mass is 9.90. The Balaban J connectivity index is 2.44. The third-order valence-corrected chi connectivity index (χ3v) is 4.18. The molecule has 1 atom stereocenters. The van der Waals surface area contributed by atoms with Gasteiger partial charge in [-0.25, -0.2) is 0 Å². The average Bonchev–Trinajstić information content (AvgIpc) is 2.39. The fourth-order valence-electron chi connectivity index (χ4n) is 3.22. The Bertz CT molecular complexity index is 509. The fourth-order valence-corrected chi connectivity index (χ4v) is 3.22. The molecule has 1 aliphatic heterocycles. The van der Waals surface area contributed by atoms with Crippen LogP contribution in [0.25, 0.3) is 0 Å². The zero-order chi connectivity index (χ0) is 14.9. The number of aliphatic carboxylic acids is 1. The van der Waals surface area contributed by atoms with Crippen LogP contribution in [0.4, 0.5) is 11.4 Å². The van der Waals surface area contributed by atoms with Gasteiger partial charge in [-0.05, 0) is 50.5 Å². The molecule has 1 N–H and O–H groups in total. The predicted octanol–water partition coefficient (Wildman–Crippen LogP) is 2.53. The van der Waals surface area contributed by atoms with Crippen molar-refractivity contribution < 1.29 is 9.90 Å². The van der Waals surface area contributed by atoms with Crippen molar-refractivity contribution >= 4 is 17.3 Å². The van der Waals surface area contributed by atoms with E-state index in [1.54, 1.807) is 0 Å². The van der Waals surface area contributed by atoms with Gasteiger partial charge in [-0.15, -0.1) is 0 Å². The molecule has 1 aromatic carbocycles. The molecule has 0 aliphatic carbocycles. The van der Waals surface area contributed by atoms with Gasteiger partial charge in [-0.3, -0.25) is 4.79 Å². The minimum Gasteiger partial charge on any atom is -0.481 e. The third-order valence-electron chi connectivity index (χ3n) is 4.18. The van der Waals surface area contributed by atoms with Crippen LogP contribution in [-0.4, -0.2) is 37.8 Å². The van der Waals surface area contributed by atoms with E-state index in [1.807, 2.05) is 7.05 Å². The highest BCUT2D eigenvalue weighted by atomic mass is 16.4. The highest BCUT2D eigenvalue weighted by Gasteiger charge is 2.28. The van der Waals surface area contributed by atoms with Crippen molar-refractivity contribution in [1.29, 1.82) is 0 Å². The minimum absolute atomic E-state index is 0.307. The average molecular weight is 276 g/mol. The van der Waals surface area contributed by atoms with Crippen molar-refractivity contribution in [3.05, 3.63) is 23.3 Å². The summed E-state index contributed by atoms with van der Waals surface area (Å²) >= 11 is 0. The van der Waals surface area contributed by atoms with Crippen LogP contribution in [-0.2, 0) is 11.2 Å². The number of aryl methyl sites for hydroxylation is 1. The molecule has 4 heteroatoms. The molecular formula is C16H24N2O2. The lowest BCUT2D eigenvalue weighted by molar-refractivity contribution is -0.141. The van der Waals surface area contributed by atoms with Crippen LogP contribution >= 0.6 is 0 Å². The minimum atomic E-state index is -0.701. The number of fused-ring (bicyclic) bond motifs is 1. The standard InChI is InChI=1S/C16H24N2O2/c1-5-18(6-2)14-7-11(3)15-12(9-14)8-13(16(19)20)10-17(15)4/h7,9,13H,5-6,8,10H2,1-4H3,(H,19,20). The number of nitrogens with zero attached hydrogens (tertiary/aromatic N) is 2. The van der Waals surface area contributed by atoms with Gasteiger partial charge < -0.3 is 14.9 Å². The first kappa shape index (κ1) is 14.7. The molecular weight excluding hydrogens is 252 g/mol. The molecule has 0 aromatic heterocycles. The number of rotatable bonds is 4. The molecule has 0 saturated heterocycles. The van der Waals surface area contributed by atoms with Crippen molar-refractivity contribution in [3.8, 4) is 0 Å². The number of benzene rings is 1. The van der Waals surface area contributed by atoms with E-state index in [0.29, 0.717) is 13.0 Å². The quantitative estimate of drug-likeness (QED) is 0.918. The second kappa shape index (κ2) is 5.73. The summed E-state index contributed by atoms with van der Waals surface area (Å²) in [5, 5.41) is 9.28. The van der Waals surface area contributed by atoms with Gasteiger partial charge >= 0.3 is 5.97 Å². The molecule has 110 valence electrons. The summed E-state index contributed by atoms with van der Waals surface area (Å²) in [7, 11) is 1.98. The van der Waals surface area contributed by atoms with Gasteiger partial charge in [0.15, 0.2) is 0 Å². The number of carbonyl (C=O) groups is 1. The summed E-state index contributed by atoms with van der Waals surface area (Å²) in [5.74, 6) is -1.01. The molecule has 0 bridgehead atoms. The van der Waals surface area contributed by atoms with E-state index < -0.39 is 5.97 Å². The molecule has 0 saturated carbocycles. The Kier molecular flexibility index (Phi) is 4.21. The van der Waals surface area contributed by atoms with Gasteiger partial charge in [0, 0.05) is 38.1 Å². The Hall–Kier alpha value is -1.71. The number of hydrogen-bond acceptors (Lipinski definition) is 3. The maximum atomic E-state index is 11.3. The van der Waals surface area contributed by atoms with Crippen LogP contribution in [0.15, 0.2) is 12.1 Å². The maximum Gasteiger partial charge on any atom is 0.308 e. The van der Waals surface area contributed by atoms with Gasteiger partial charge in [0.05, 0.1) is 5.92 Å². The zero-order valence-electron chi connectivity index (χ0n) is 12.8. The summed E-state index contributed by atoms with van der Waals surface area (Å²) < 4.78 is 0. The van der Waals surface area contributed by atoms with Gasteiger partial charge in [-0.1, -0.05) is 0 Å². The molecule has 4 nitrogen and oxygen atoms in total. The molecule has 0 amide bonds. The summed E-state index contributed by atoms with van der Waals surface area (Å²) in [6.07, 6.45) is 0.630. The van der Waals surface area contributed by atoms with Crippen molar-refractivity contribution in [2.24, 2.45) is 5.92 Å². The normalized spacial score (nSPS) is 17.8. The van der Waals surface area contributed by atoms with E-state index in [9.17, 15) is 9.90 Å². The third kappa shape index (κ3) is 2.60. The zero-order valence-corrected chi connectivity index (χ0v) is 12.8. The van der Waals surface area contributed by atoms with E-state index in [2.05, 4.69) is 42.7 Å². The number of hydrogen-bond donors (Lipinski definition) is 1. The van der Waals surface area contributed by atoms with Crippen LogP contribution in [0.3, 0.4) is 0 Å². The highest BCUT2D eigenvalue weighted by Crippen LogP contribution is 2.35. The van der Waals surface area contributed by atoms with Crippen LogP contribution < -0.4 is 9.80 Å². The smallest absolute Gasteiger partial charge is 0.308 e. The monoisotopic (exact) mass is 276 g/mol. The largest absolute Gasteiger partial charge is 0.481 e. The molecule has 20 heavy (non-hydrogen) atoms.